The standard InChI is InChI=1S/C24H22Cl2N6O7/c1-12(2)15-9-19(28-29-21(15)33)39-20-16(25)7-13(8-17(20)26)32-23(35)31(22(34)18(10-27)30-32)11-37-24(36)38-14-5-3-4-6-14/h7-9,12,14H,3-6,11H2,1-2H3,(H,29,33). The molecule has 2 aromatic heterocycles. The fourth-order valence-corrected chi connectivity index (χ4v) is 4.47. The summed E-state index contributed by atoms with van der Waals surface area (Å²) in [6.07, 6.45) is 1.92. The van der Waals surface area contributed by atoms with Crippen LogP contribution in [-0.2, 0) is 16.2 Å². The zero-order valence-corrected chi connectivity index (χ0v) is 22.3. The predicted molar refractivity (Wildman–Crippen MR) is 138 cm³/mol. The van der Waals surface area contributed by atoms with E-state index in [1.807, 2.05) is 13.8 Å². The second kappa shape index (κ2) is 11.7. The van der Waals surface area contributed by atoms with Crippen LogP contribution >= 0.6 is 23.2 Å². The van der Waals surface area contributed by atoms with Crippen LogP contribution in [0.5, 0.6) is 11.6 Å². The minimum Gasteiger partial charge on any atom is -0.434 e. The average molecular weight is 577 g/mol. The van der Waals surface area contributed by atoms with Crippen LogP contribution in [0, 0.1) is 11.3 Å². The van der Waals surface area contributed by atoms with E-state index in [9.17, 15) is 24.4 Å². The molecule has 1 saturated carbocycles. The molecule has 15 heteroatoms. The second-order valence-corrected chi connectivity index (χ2v) is 9.74. The number of carbonyl (C=O) groups excluding carboxylic acids is 1. The maximum atomic E-state index is 13.1. The highest BCUT2D eigenvalue weighted by atomic mass is 35.5. The van der Waals surface area contributed by atoms with Gasteiger partial charge in [0.2, 0.25) is 11.6 Å². The van der Waals surface area contributed by atoms with Gasteiger partial charge in [-0.15, -0.1) is 10.2 Å². The first-order valence-electron chi connectivity index (χ1n) is 11.8. The van der Waals surface area contributed by atoms with Crippen LogP contribution in [-0.4, -0.2) is 36.8 Å². The number of aromatic amines is 1. The molecule has 1 aromatic carbocycles. The summed E-state index contributed by atoms with van der Waals surface area (Å²) in [6, 6.07) is 5.58. The molecule has 3 aromatic rings. The number of carbonyl (C=O) groups is 1. The monoisotopic (exact) mass is 576 g/mol. The number of H-pyrrole nitrogens is 1. The first kappa shape index (κ1) is 27.9. The molecule has 1 fully saturated rings. The van der Waals surface area contributed by atoms with Gasteiger partial charge in [0.05, 0.1) is 15.7 Å². The maximum Gasteiger partial charge on any atom is 0.510 e. The van der Waals surface area contributed by atoms with Crippen molar-refractivity contribution >= 4 is 29.4 Å². The van der Waals surface area contributed by atoms with E-state index in [2.05, 4.69) is 15.3 Å². The molecule has 0 aliphatic heterocycles. The van der Waals surface area contributed by atoms with Gasteiger partial charge in [-0.25, -0.2) is 19.3 Å². The van der Waals surface area contributed by atoms with Crippen molar-refractivity contribution in [3.63, 3.8) is 0 Å². The Morgan fingerprint density at radius 3 is 2.46 bits per heavy atom. The molecule has 1 aliphatic rings. The first-order chi connectivity index (χ1) is 18.6. The van der Waals surface area contributed by atoms with E-state index in [-0.39, 0.29) is 44.9 Å². The average Bonchev–Trinajstić information content (AvgIpc) is 3.40. The summed E-state index contributed by atoms with van der Waals surface area (Å²) in [5.41, 5.74) is -2.69. The number of nitriles is 1. The van der Waals surface area contributed by atoms with Gasteiger partial charge < -0.3 is 14.2 Å². The number of benzene rings is 1. The zero-order chi connectivity index (χ0) is 28.3. The van der Waals surface area contributed by atoms with E-state index in [1.54, 1.807) is 6.07 Å². The van der Waals surface area contributed by atoms with Crippen LogP contribution in [0.2, 0.25) is 10.0 Å². The second-order valence-electron chi connectivity index (χ2n) is 8.92. The Morgan fingerprint density at radius 1 is 1.18 bits per heavy atom. The highest BCUT2D eigenvalue weighted by molar-refractivity contribution is 6.37. The summed E-state index contributed by atoms with van der Waals surface area (Å²) in [5.74, 6) is -0.118. The predicted octanol–water partition coefficient (Wildman–Crippen LogP) is 3.62. The van der Waals surface area contributed by atoms with Crippen LogP contribution < -0.4 is 21.5 Å². The highest BCUT2D eigenvalue weighted by Crippen LogP contribution is 2.37. The van der Waals surface area contributed by atoms with E-state index >= 15 is 0 Å². The van der Waals surface area contributed by atoms with Crippen molar-refractivity contribution in [2.75, 3.05) is 0 Å². The molecular formula is C24H22Cl2N6O7. The molecular weight excluding hydrogens is 555 g/mol. The molecule has 4 rings (SSSR count). The van der Waals surface area contributed by atoms with Gasteiger partial charge in [0.1, 0.15) is 12.2 Å². The Bertz CT molecular complexity index is 1610. The van der Waals surface area contributed by atoms with Crippen LogP contribution in [0.4, 0.5) is 4.79 Å². The van der Waals surface area contributed by atoms with Gasteiger partial charge in [-0.05, 0) is 43.7 Å². The smallest absolute Gasteiger partial charge is 0.434 e. The Labute approximate surface area is 230 Å². The first-order valence-corrected chi connectivity index (χ1v) is 12.6. The summed E-state index contributed by atoms with van der Waals surface area (Å²) in [5, 5.41) is 19.2. The molecule has 0 saturated heterocycles. The van der Waals surface area contributed by atoms with Gasteiger partial charge in [-0.1, -0.05) is 37.0 Å². The summed E-state index contributed by atoms with van der Waals surface area (Å²) in [4.78, 5) is 49.7. The molecule has 0 amide bonds. The Morgan fingerprint density at radius 2 is 1.85 bits per heavy atom. The maximum absolute atomic E-state index is 13.1. The fraction of sp³-hybridized carbons (Fsp3) is 0.375. The molecule has 1 N–H and O–H groups in total. The van der Waals surface area contributed by atoms with Crippen molar-refractivity contribution in [3.05, 3.63) is 70.7 Å². The summed E-state index contributed by atoms with van der Waals surface area (Å²) in [7, 11) is 0. The molecule has 1 aliphatic carbocycles. The molecule has 2 heterocycles. The Hall–Kier alpha value is -4.15. The summed E-state index contributed by atoms with van der Waals surface area (Å²) >= 11 is 12.8. The van der Waals surface area contributed by atoms with Crippen molar-refractivity contribution in [2.45, 2.75) is 58.3 Å². The Kier molecular flexibility index (Phi) is 8.37. The van der Waals surface area contributed by atoms with E-state index in [4.69, 9.17) is 37.4 Å². The molecule has 0 atom stereocenters. The molecule has 13 nitrogen and oxygen atoms in total. The van der Waals surface area contributed by atoms with Gasteiger partial charge in [-0.3, -0.25) is 9.59 Å². The lowest BCUT2D eigenvalue weighted by Crippen LogP contribution is -2.43. The largest absolute Gasteiger partial charge is 0.510 e. The topological polar surface area (TPSA) is 171 Å². The third-order valence-electron chi connectivity index (χ3n) is 5.91. The van der Waals surface area contributed by atoms with Gasteiger partial charge in [0.15, 0.2) is 12.5 Å². The van der Waals surface area contributed by atoms with Crippen molar-refractivity contribution in [2.24, 2.45) is 0 Å². The lowest BCUT2D eigenvalue weighted by Gasteiger charge is -2.14. The van der Waals surface area contributed by atoms with Gasteiger partial charge in [-0.2, -0.15) is 9.94 Å². The SMILES string of the molecule is CC(C)c1cc(Oc2c(Cl)cc(-n3nc(C#N)c(=O)n(COC(=O)OC4CCCC4)c3=O)cc2Cl)n[nH]c1=O. The summed E-state index contributed by atoms with van der Waals surface area (Å²) in [6.45, 7) is 2.85. The highest BCUT2D eigenvalue weighted by Gasteiger charge is 2.22. The number of nitrogens with zero attached hydrogens (tertiary/aromatic N) is 5. The van der Waals surface area contributed by atoms with E-state index < -0.39 is 29.8 Å². The number of aromatic nitrogens is 5. The number of halogens is 2. The third-order valence-corrected chi connectivity index (χ3v) is 6.47. The number of nitrogens with one attached hydrogen (secondary N) is 1. The van der Waals surface area contributed by atoms with E-state index in [0.717, 1.165) is 12.8 Å². The van der Waals surface area contributed by atoms with Crippen molar-refractivity contribution in [3.8, 4) is 23.4 Å². The molecule has 39 heavy (non-hydrogen) atoms. The van der Waals surface area contributed by atoms with E-state index in [0.29, 0.717) is 27.7 Å². The molecule has 0 bridgehead atoms. The number of rotatable bonds is 7. The van der Waals surface area contributed by atoms with Gasteiger partial charge >= 0.3 is 11.8 Å². The third kappa shape index (κ3) is 6.13. The van der Waals surface area contributed by atoms with Crippen molar-refractivity contribution in [1.82, 2.24) is 24.5 Å². The van der Waals surface area contributed by atoms with E-state index in [1.165, 1.54) is 18.2 Å². The number of hydrogen-bond acceptors (Lipinski definition) is 10. The van der Waals surface area contributed by atoms with Gasteiger partial charge in [0, 0.05) is 11.6 Å². The molecule has 0 spiro atoms. The van der Waals surface area contributed by atoms with Crippen LogP contribution in [0.3, 0.4) is 0 Å². The quantitative estimate of drug-likeness (QED) is 0.409. The Balaban J connectivity index is 1.65. The lowest BCUT2D eigenvalue weighted by molar-refractivity contribution is 0.00654. The van der Waals surface area contributed by atoms with Crippen LogP contribution in [0.1, 0.15) is 56.7 Å². The normalized spacial score (nSPS) is 13.3. The zero-order valence-electron chi connectivity index (χ0n) is 20.8. The van der Waals surface area contributed by atoms with Crippen LogP contribution in [0.15, 0.2) is 32.6 Å². The molecule has 0 radical (unpaired) electrons. The molecule has 0 unspecified atom stereocenters. The van der Waals surface area contributed by atoms with Gasteiger partial charge in [0.25, 0.3) is 11.1 Å². The number of ether oxygens (including phenoxy) is 3. The minimum atomic E-state index is -1.06. The van der Waals surface area contributed by atoms with Crippen molar-refractivity contribution < 1.29 is 19.0 Å². The fourth-order valence-electron chi connectivity index (χ4n) is 3.91. The molecule has 204 valence electrons. The minimum absolute atomic E-state index is 0.0153. The lowest BCUT2D eigenvalue weighted by atomic mass is 10.1. The number of hydrogen-bond donors (Lipinski definition) is 1. The van der Waals surface area contributed by atoms with Crippen LogP contribution in [0.25, 0.3) is 5.69 Å². The van der Waals surface area contributed by atoms with Crippen molar-refractivity contribution in [1.29, 1.82) is 5.26 Å². The summed E-state index contributed by atoms with van der Waals surface area (Å²) < 4.78 is 17.0.